The second-order valence-corrected chi connectivity index (χ2v) is 10.5. The van der Waals surface area contributed by atoms with E-state index in [2.05, 4.69) is 17.6 Å². The van der Waals surface area contributed by atoms with Gasteiger partial charge in [-0.2, -0.15) is 0 Å². The molecule has 3 fully saturated rings. The number of amides is 2. The molecule has 4 N–H and O–H groups in total. The van der Waals surface area contributed by atoms with E-state index in [4.69, 9.17) is 0 Å². The minimum atomic E-state index is -1.12. The van der Waals surface area contributed by atoms with Crippen molar-refractivity contribution in [3.05, 3.63) is 11.8 Å². The third kappa shape index (κ3) is 3.24. The van der Waals surface area contributed by atoms with Gasteiger partial charge in [-0.25, -0.2) is 4.79 Å². The molecule has 166 valence electrons. The summed E-state index contributed by atoms with van der Waals surface area (Å²) in [7, 11) is 0. The maximum absolute atomic E-state index is 13.1. The Morgan fingerprint density at radius 3 is 2.70 bits per heavy atom. The molecular formula is C20H30N4O5S. The van der Waals surface area contributed by atoms with Crippen LogP contribution in [0.2, 0.25) is 0 Å². The van der Waals surface area contributed by atoms with Crippen molar-refractivity contribution in [3.63, 3.8) is 0 Å². The van der Waals surface area contributed by atoms with Crippen molar-refractivity contribution in [2.24, 2.45) is 5.92 Å². The fraction of sp³-hybridized carbons (Fsp3) is 0.750. The Morgan fingerprint density at radius 1 is 1.33 bits per heavy atom. The minimum Gasteiger partial charge on any atom is -0.477 e. The number of nitrogens with one attached hydrogen (secondary N) is 2. The molecule has 6 unspecified atom stereocenters. The van der Waals surface area contributed by atoms with Crippen LogP contribution >= 0.6 is 11.8 Å². The van der Waals surface area contributed by atoms with Gasteiger partial charge in [0.2, 0.25) is 11.8 Å². The number of nitrogens with zero attached hydrogens (tertiary/aromatic N) is 2. The van der Waals surface area contributed by atoms with E-state index in [1.54, 1.807) is 13.0 Å². The summed E-state index contributed by atoms with van der Waals surface area (Å²) in [6.07, 6.45) is 1.26. The normalized spacial score (nSPS) is 39.4. The van der Waals surface area contributed by atoms with E-state index in [9.17, 15) is 24.6 Å². The van der Waals surface area contributed by atoms with Crippen molar-refractivity contribution in [1.29, 1.82) is 0 Å². The van der Waals surface area contributed by atoms with Gasteiger partial charge in [0.25, 0.3) is 0 Å². The van der Waals surface area contributed by atoms with Crippen LogP contribution in [-0.4, -0.2) is 98.2 Å². The molecular weight excluding hydrogens is 408 g/mol. The predicted molar refractivity (Wildman–Crippen MR) is 112 cm³/mol. The van der Waals surface area contributed by atoms with Gasteiger partial charge in [0.1, 0.15) is 10.4 Å². The van der Waals surface area contributed by atoms with Crippen molar-refractivity contribution in [3.8, 4) is 0 Å². The smallest absolute Gasteiger partial charge is 0.352 e. The van der Waals surface area contributed by atoms with Crippen molar-refractivity contribution >= 4 is 29.5 Å². The standard InChI is InChI=1S/C20H30N4O5S/c1-10-6-15(18(27)28)24-16(10)20(12(3)25,19(24)29)30-13-7-14(22-8-13)17(26)23-5-4-21-11(2)9-23/h6,10-14,16,21-22,25H,4-5,7-9H2,1-3H3,(H,27,28)/t10?,11?,12?,13?,14?,16-,20?/m0/s1. The first-order chi connectivity index (χ1) is 14.2. The SMILES string of the molecule is CC1CN(C(=O)C2CC(SC3(C(C)O)C(=O)N4C(C(=O)O)=CC(C)[C@H]43)CN2)CCN1. The van der Waals surface area contributed by atoms with E-state index in [-0.39, 0.29) is 46.8 Å². The van der Waals surface area contributed by atoms with E-state index >= 15 is 0 Å². The number of rotatable bonds is 5. The topological polar surface area (TPSA) is 122 Å². The Kier molecular flexibility index (Phi) is 5.63. The van der Waals surface area contributed by atoms with Crippen molar-refractivity contribution in [2.45, 2.75) is 61.4 Å². The number of carboxylic acids is 1. The number of hydrogen-bond donors (Lipinski definition) is 4. The van der Waals surface area contributed by atoms with E-state index in [0.29, 0.717) is 26.1 Å². The number of aliphatic hydroxyl groups is 1. The Hall–Kier alpha value is -1.62. The maximum Gasteiger partial charge on any atom is 0.352 e. The number of aliphatic hydroxyl groups excluding tert-OH is 1. The lowest BCUT2D eigenvalue weighted by Gasteiger charge is -2.56. The van der Waals surface area contributed by atoms with Crippen molar-refractivity contribution in [1.82, 2.24) is 20.4 Å². The molecule has 0 aromatic rings. The molecule has 9 nitrogen and oxygen atoms in total. The molecule has 7 atom stereocenters. The fourth-order valence-electron chi connectivity index (χ4n) is 5.30. The molecule has 0 aliphatic carbocycles. The summed E-state index contributed by atoms with van der Waals surface area (Å²) < 4.78 is -1.08. The fourth-order valence-corrected chi connectivity index (χ4v) is 7.18. The first kappa shape index (κ1) is 21.6. The second-order valence-electron chi connectivity index (χ2n) is 8.88. The molecule has 4 aliphatic rings. The lowest BCUT2D eigenvalue weighted by Crippen LogP contribution is -2.76. The van der Waals surface area contributed by atoms with Gasteiger partial charge < -0.3 is 25.7 Å². The number of fused-ring (bicyclic) bond motifs is 1. The molecule has 0 aromatic carbocycles. The largest absolute Gasteiger partial charge is 0.477 e. The Balaban J connectivity index is 1.45. The van der Waals surface area contributed by atoms with Crippen LogP contribution in [0.1, 0.15) is 27.2 Å². The maximum atomic E-state index is 13.1. The summed E-state index contributed by atoms with van der Waals surface area (Å²) in [6.45, 7) is 8.26. The van der Waals surface area contributed by atoms with Crippen molar-refractivity contribution in [2.75, 3.05) is 26.2 Å². The second kappa shape index (κ2) is 7.81. The number of carbonyl (C=O) groups is 3. The van der Waals surface area contributed by atoms with Crippen LogP contribution in [0.5, 0.6) is 0 Å². The third-order valence-corrected chi connectivity index (χ3v) is 8.56. The Bertz CT molecular complexity index is 789. The monoisotopic (exact) mass is 438 g/mol. The highest BCUT2D eigenvalue weighted by atomic mass is 32.2. The molecule has 0 radical (unpaired) electrons. The van der Waals surface area contributed by atoms with Crippen LogP contribution in [0.3, 0.4) is 0 Å². The summed E-state index contributed by atoms with van der Waals surface area (Å²) >= 11 is 1.41. The van der Waals surface area contributed by atoms with E-state index in [1.165, 1.54) is 16.7 Å². The molecule has 0 bridgehead atoms. The molecule has 2 amide bonds. The summed E-state index contributed by atoms with van der Waals surface area (Å²) in [5.74, 6) is -1.55. The van der Waals surface area contributed by atoms with Gasteiger partial charge in [-0.3, -0.25) is 14.5 Å². The highest BCUT2D eigenvalue weighted by molar-refractivity contribution is 8.02. The van der Waals surface area contributed by atoms with Crippen LogP contribution < -0.4 is 10.6 Å². The lowest BCUT2D eigenvalue weighted by atomic mass is 9.78. The quantitative estimate of drug-likeness (QED) is 0.413. The van der Waals surface area contributed by atoms with Crippen LogP contribution in [-0.2, 0) is 14.4 Å². The summed E-state index contributed by atoms with van der Waals surface area (Å²) in [4.78, 5) is 40.7. The van der Waals surface area contributed by atoms with Gasteiger partial charge in [-0.05, 0) is 32.3 Å². The first-order valence-electron chi connectivity index (χ1n) is 10.6. The third-order valence-electron chi connectivity index (χ3n) is 6.72. The first-order valence-corrected chi connectivity index (χ1v) is 11.4. The van der Waals surface area contributed by atoms with Crippen LogP contribution in [0.15, 0.2) is 11.8 Å². The summed E-state index contributed by atoms with van der Waals surface area (Å²) in [5.41, 5.74) is -0.000181. The van der Waals surface area contributed by atoms with Gasteiger partial charge in [0.15, 0.2) is 0 Å². The molecule has 4 aliphatic heterocycles. The van der Waals surface area contributed by atoms with E-state index < -0.39 is 16.8 Å². The number of thioether (sulfide) groups is 1. The molecule has 30 heavy (non-hydrogen) atoms. The van der Waals surface area contributed by atoms with Gasteiger partial charge in [0.05, 0.1) is 18.2 Å². The number of aliphatic carboxylic acids is 1. The lowest BCUT2D eigenvalue weighted by molar-refractivity contribution is -0.158. The molecule has 4 heterocycles. The molecule has 0 saturated carbocycles. The minimum absolute atomic E-state index is 0.000181. The number of piperazine rings is 1. The van der Waals surface area contributed by atoms with Crippen LogP contribution in [0, 0.1) is 5.92 Å². The zero-order valence-corrected chi connectivity index (χ0v) is 18.3. The molecule has 0 spiro atoms. The van der Waals surface area contributed by atoms with Gasteiger partial charge in [-0.1, -0.05) is 6.92 Å². The number of β-lactam (4-membered cyclic amide) rings is 1. The molecule has 3 saturated heterocycles. The summed E-state index contributed by atoms with van der Waals surface area (Å²) in [5, 5.41) is 26.6. The van der Waals surface area contributed by atoms with Gasteiger partial charge in [-0.15, -0.1) is 11.8 Å². The molecule has 0 aromatic heterocycles. The van der Waals surface area contributed by atoms with Gasteiger partial charge in [0, 0.05) is 37.5 Å². The number of carboxylic acid groups (broad SMARTS) is 1. The Morgan fingerprint density at radius 2 is 2.07 bits per heavy atom. The van der Waals surface area contributed by atoms with E-state index in [0.717, 1.165) is 6.54 Å². The average Bonchev–Trinajstić information content (AvgIpc) is 3.28. The highest BCUT2D eigenvalue weighted by Gasteiger charge is 2.69. The predicted octanol–water partition coefficient (Wildman–Crippen LogP) is -0.781. The number of hydrogen-bond acceptors (Lipinski definition) is 7. The van der Waals surface area contributed by atoms with Gasteiger partial charge >= 0.3 is 5.97 Å². The van der Waals surface area contributed by atoms with E-state index in [1.807, 2.05) is 11.8 Å². The van der Waals surface area contributed by atoms with Crippen LogP contribution in [0.4, 0.5) is 0 Å². The van der Waals surface area contributed by atoms with Crippen LogP contribution in [0.25, 0.3) is 0 Å². The molecule has 4 rings (SSSR count). The molecule has 10 heteroatoms. The summed E-state index contributed by atoms with van der Waals surface area (Å²) in [6, 6.07) is -0.408. The van der Waals surface area contributed by atoms with Crippen molar-refractivity contribution < 1.29 is 24.6 Å². The zero-order chi connectivity index (χ0) is 21.8. The number of carbonyl (C=O) groups excluding carboxylic acids is 2. The average molecular weight is 439 g/mol. The Labute approximate surface area is 180 Å². The zero-order valence-electron chi connectivity index (χ0n) is 17.5. The highest BCUT2D eigenvalue weighted by Crippen LogP contribution is 2.55.